The number of rotatable bonds is 10. The first-order valence-electron chi connectivity index (χ1n) is 12.8. The average Bonchev–Trinajstić information content (AvgIpc) is 3.17. The van der Waals surface area contributed by atoms with Gasteiger partial charge >= 0.3 is 11.7 Å². The fourth-order valence-electron chi connectivity index (χ4n) is 5.44. The van der Waals surface area contributed by atoms with Crippen molar-refractivity contribution in [1.29, 1.82) is 0 Å². The number of carboxylic acids is 1. The lowest BCUT2D eigenvalue weighted by Crippen LogP contribution is -2.30. The van der Waals surface area contributed by atoms with Crippen LogP contribution < -0.4 is 5.69 Å². The fraction of sp³-hybridized carbons (Fsp3) is 0.448. The predicted molar refractivity (Wildman–Crippen MR) is 140 cm³/mol. The summed E-state index contributed by atoms with van der Waals surface area (Å²) >= 11 is 0. The van der Waals surface area contributed by atoms with Crippen LogP contribution in [0.3, 0.4) is 0 Å². The number of aromatic carboxylic acids is 1. The lowest BCUT2D eigenvalue weighted by atomic mass is 9.95. The van der Waals surface area contributed by atoms with Gasteiger partial charge in [0.1, 0.15) is 0 Å². The fourth-order valence-corrected chi connectivity index (χ4v) is 5.44. The van der Waals surface area contributed by atoms with Crippen LogP contribution in [0.2, 0.25) is 0 Å². The Morgan fingerprint density at radius 3 is 2.31 bits per heavy atom. The normalized spacial score (nSPS) is 14.4. The van der Waals surface area contributed by atoms with Gasteiger partial charge in [0.25, 0.3) is 0 Å². The monoisotopic (exact) mass is 492 g/mol. The van der Waals surface area contributed by atoms with E-state index in [9.17, 15) is 14.7 Å². The summed E-state index contributed by atoms with van der Waals surface area (Å²) in [6.45, 7) is 2.54. The first kappa shape index (κ1) is 25.9. The summed E-state index contributed by atoms with van der Waals surface area (Å²) in [5, 5.41) is 9.55. The number of hydrogen-bond acceptors (Lipinski definition) is 4. The molecule has 7 heteroatoms. The molecule has 0 atom stereocenters. The molecule has 7 nitrogen and oxygen atoms in total. The van der Waals surface area contributed by atoms with E-state index in [4.69, 9.17) is 9.47 Å². The van der Waals surface area contributed by atoms with Crippen molar-refractivity contribution in [1.82, 2.24) is 9.13 Å². The number of carbonyl (C=O) groups is 1. The van der Waals surface area contributed by atoms with Gasteiger partial charge in [-0.2, -0.15) is 0 Å². The molecule has 3 aromatic rings. The zero-order chi connectivity index (χ0) is 25.7. The second-order valence-corrected chi connectivity index (χ2v) is 9.46. The van der Waals surface area contributed by atoms with Crippen molar-refractivity contribution in [2.24, 2.45) is 0 Å². The Bertz CT molecular complexity index is 1230. The van der Waals surface area contributed by atoms with Crippen LogP contribution in [0.25, 0.3) is 11.1 Å². The van der Waals surface area contributed by atoms with Gasteiger partial charge in [-0.1, -0.05) is 75.1 Å². The lowest BCUT2D eigenvalue weighted by Gasteiger charge is -2.26. The van der Waals surface area contributed by atoms with E-state index in [-0.39, 0.29) is 17.3 Å². The summed E-state index contributed by atoms with van der Waals surface area (Å²) in [7, 11) is 3.23. The summed E-state index contributed by atoms with van der Waals surface area (Å²) in [6, 6.07) is 14.9. The molecule has 1 N–H and O–H groups in total. The Morgan fingerprint density at radius 1 is 1.03 bits per heavy atom. The van der Waals surface area contributed by atoms with E-state index in [1.165, 1.54) is 6.42 Å². The highest BCUT2D eigenvalue weighted by Crippen LogP contribution is 2.33. The van der Waals surface area contributed by atoms with Gasteiger partial charge in [-0.25, -0.2) is 9.59 Å². The summed E-state index contributed by atoms with van der Waals surface area (Å²) < 4.78 is 15.2. The molecule has 0 radical (unpaired) electrons. The molecule has 1 aliphatic carbocycles. The molecule has 0 amide bonds. The van der Waals surface area contributed by atoms with E-state index in [1.807, 2.05) is 45.5 Å². The number of imidazole rings is 1. The third-order valence-electron chi connectivity index (χ3n) is 7.16. The van der Waals surface area contributed by atoms with Gasteiger partial charge in [-0.05, 0) is 42.0 Å². The van der Waals surface area contributed by atoms with Gasteiger partial charge in [0, 0.05) is 26.0 Å². The topological polar surface area (TPSA) is 82.7 Å². The van der Waals surface area contributed by atoms with Gasteiger partial charge in [0.05, 0.1) is 17.8 Å². The van der Waals surface area contributed by atoms with E-state index < -0.39 is 12.3 Å². The van der Waals surface area contributed by atoms with Crippen molar-refractivity contribution < 1.29 is 19.4 Å². The van der Waals surface area contributed by atoms with Crippen molar-refractivity contribution in [2.45, 2.75) is 70.7 Å². The molecule has 0 saturated heterocycles. The Balaban J connectivity index is 1.75. The summed E-state index contributed by atoms with van der Waals surface area (Å²) in [5.74, 6) is -0.951. The molecule has 1 heterocycles. The van der Waals surface area contributed by atoms with Crippen molar-refractivity contribution in [3.05, 3.63) is 81.5 Å². The molecule has 0 spiro atoms. The number of methoxy groups -OCH3 is 2. The highest BCUT2D eigenvalue weighted by Gasteiger charge is 2.30. The highest BCUT2D eigenvalue weighted by molar-refractivity contribution is 5.95. The van der Waals surface area contributed by atoms with E-state index in [0.717, 1.165) is 61.0 Å². The number of hydrogen-bond donors (Lipinski definition) is 1. The van der Waals surface area contributed by atoms with Gasteiger partial charge < -0.3 is 14.6 Å². The molecule has 1 aliphatic rings. The van der Waals surface area contributed by atoms with Crippen LogP contribution in [0.1, 0.15) is 85.1 Å². The van der Waals surface area contributed by atoms with E-state index in [2.05, 4.69) is 6.92 Å². The third-order valence-corrected chi connectivity index (χ3v) is 7.16. The first-order chi connectivity index (χ1) is 17.5. The van der Waals surface area contributed by atoms with E-state index in [1.54, 1.807) is 26.4 Å². The molecule has 1 fully saturated rings. The largest absolute Gasteiger partial charge is 0.478 e. The number of ether oxygens (including phenoxy) is 2. The quantitative estimate of drug-likeness (QED) is 0.361. The SMILES string of the molecule is CCCc1c(C(OC)OC)n(C2CCCCC2)c(=O)n1Cc1ccc(-c2ccccc2C(=O)O)cc1. The number of aromatic nitrogens is 2. The minimum atomic E-state index is -0.951. The molecular formula is C29H36N2O5. The van der Waals surface area contributed by atoms with Gasteiger partial charge in [-0.3, -0.25) is 9.13 Å². The Hall–Kier alpha value is -3.16. The maximum Gasteiger partial charge on any atom is 0.336 e. The zero-order valence-corrected chi connectivity index (χ0v) is 21.4. The molecule has 1 aromatic heterocycles. The maximum absolute atomic E-state index is 13.9. The minimum Gasteiger partial charge on any atom is -0.478 e. The summed E-state index contributed by atoms with van der Waals surface area (Å²) in [6.07, 6.45) is 6.46. The molecule has 4 rings (SSSR count). The number of carboxylic acid groups (broad SMARTS) is 1. The van der Waals surface area contributed by atoms with Crippen LogP contribution >= 0.6 is 0 Å². The van der Waals surface area contributed by atoms with Crippen LogP contribution in [0.15, 0.2) is 53.3 Å². The van der Waals surface area contributed by atoms with E-state index >= 15 is 0 Å². The highest BCUT2D eigenvalue weighted by atomic mass is 16.7. The van der Waals surface area contributed by atoms with Gasteiger partial charge in [0.2, 0.25) is 0 Å². The molecule has 0 bridgehead atoms. The molecule has 0 aliphatic heterocycles. The average molecular weight is 493 g/mol. The Morgan fingerprint density at radius 2 is 1.69 bits per heavy atom. The van der Waals surface area contributed by atoms with Crippen LogP contribution in [0.4, 0.5) is 0 Å². The molecule has 2 aromatic carbocycles. The third kappa shape index (κ3) is 5.18. The van der Waals surface area contributed by atoms with Crippen molar-refractivity contribution in [3.8, 4) is 11.1 Å². The van der Waals surface area contributed by atoms with Crippen molar-refractivity contribution >= 4 is 5.97 Å². The standard InChI is InChI=1S/C29H36N2O5/c1-4-10-25-26(28(35-2)36-3)31(22-11-6-5-7-12-22)29(34)30(25)19-20-15-17-21(18-16-20)23-13-8-9-14-24(23)27(32)33/h8-9,13-18,22,28H,4-7,10-12,19H2,1-3H3,(H,32,33). The molecule has 0 unspecified atom stereocenters. The maximum atomic E-state index is 13.9. The summed E-state index contributed by atoms with van der Waals surface area (Å²) in [5.41, 5.74) is 4.54. The lowest BCUT2D eigenvalue weighted by molar-refractivity contribution is -0.112. The molecule has 1 saturated carbocycles. The smallest absolute Gasteiger partial charge is 0.336 e. The van der Waals surface area contributed by atoms with Gasteiger partial charge in [-0.15, -0.1) is 0 Å². The molecule has 192 valence electrons. The van der Waals surface area contributed by atoms with Crippen molar-refractivity contribution in [2.75, 3.05) is 14.2 Å². The second-order valence-electron chi connectivity index (χ2n) is 9.46. The van der Waals surface area contributed by atoms with Crippen LogP contribution in [-0.2, 0) is 22.4 Å². The zero-order valence-electron chi connectivity index (χ0n) is 21.4. The van der Waals surface area contributed by atoms with Crippen LogP contribution in [0.5, 0.6) is 0 Å². The predicted octanol–water partition coefficient (Wildman–Crippen LogP) is 5.81. The molecular weight excluding hydrogens is 456 g/mol. The Kier molecular flexibility index (Phi) is 8.44. The van der Waals surface area contributed by atoms with E-state index in [0.29, 0.717) is 12.1 Å². The van der Waals surface area contributed by atoms with Crippen molar-refractivity contribution in [3.63, 3.8) is 0 Å². The molecule has 36 heavy (non-hydrogen) atoms. The Labute approximate surface area is 212 Å². The van der Waals surface area contributed by atoms with Gasteiger partial charge in [0.15, 0.2) is 6.29 Å². The number of benzene rings is 2. The first-order valence-corrected chi connectivity index (χ1v) is 12.8. The second kappa shape index (κ2) is 11.7. The number of nitrogens with zero attached hydrogens (tertiary/aromatic N) is 2. The summed E-state index contributed by atoms with van der Waals surface area (Å²) in [4.78, 5) is 25.5. The minimum absolute atomic E-state index is 0.0141. The van der Waals surface area contributed by atoms with Crippen LogP contribution in [0, 0.1) is 0 Å². The van der Waals surface area contributed by atoms with Crippen LogP contribution in [-0.4, -0.2) is 34.4 Å².